The number of hydrogen-bond donors (Lipinski definition) is 1. The van der Waals surface area contributed by atoms with E-state index in [9.17, 15) is 5.11 Å². The van der Waals surface area contributed by atoms with Gasteiger partial charge in [-0.2, -0.15) is 0 Å². The first kappa shape index (κ1) is 13.5. The van der Waals surface area contributed by atoms with E-state index in [1.54, 1.807) is 6.26 Å². The number of hydrogen-bond acceptors (Lipinski definition) is 2. The molecule has 0 saturated carbocycles. The lowest BCUT2D eigenvalue weighted by Crippen LogP contribution is -2.44. The second-order valence-electron chi connectivity index (χ2n) is 4.51. The second kappa shape index (κ2) is 5.69. The first-order chi connectivity index (χ1) is 7.63. The standard InChI is InChI=1S/C13H24O2Si/c1-5-12(14)11-9-13(15-10-11)16(6-2,7-3)8-4/h9-10,12,14H,5-8H2,1-4H3. The molecule has 1 rings (SSSR count). The number of rotatable bonds is 6. The van der Waals surface area contributed by atoms with Crippen LogP contribution in [-0.2, 0) is 0 Å². The zero-order chi connectivity index (χ0) is 12.2. The summed E-state index contributed by atoms with van der Waals surface area (Å²) in [5, 5.41) is 11.0. The lowest BCUT2D eigenvalue weighted by Gasteiger charge is -2.24. The van der Waals surface area contributed by atoms with E-state index in [1.807, 2.05) is 6.92 Å². The Kier molecular flexibility index (Phi) is 4.81. The quantitative estimate of drug-likeness (QED) is 0.773. The number of furan rings is 1. The third kappa shape index (κ3) is 2.41. The Bertz CT molecular complexity index is 307. The fourth-order valence-corrected chi connectivity index (χ4v) is 5.64. The van der Waals surface area contributed by atoms with E-state index in [0.29, 0.717) is 0 Å². The summed E-state index contributed by atoms with van der Waals surface area (Å²) in [4.78, 5) is 0. The SMILES string of the molecule is CCC(O)c1coc([Si](CC)(CC)CC)c1. The molecule has 0 aliphatic heterocycles. The number of aliphatic hydroxyl groups is 1. The van der Waals surface area contributed by atoms with Gasteiger partial charge in [-0.05, 0) is 12.5 Å². The van der Waals surface area contributed by atoms with Gasteiger partial charge in [-0.15, -0.1) is 0 Å². The molecule has 1 N–H and O–H groups in total. The molecule has 92 valence electrons. The Morgan fingerprint density at radius 2 is 1.75 bits per heavy atom. The zero-order valence-corrected chi connectivity index (χ0v) is 11.9. The topological polar surface area (TPSA) is 33.4 Å². The summed E-state index contributed by atoms with van der Waals surface area (Å²) in [6.07, 6.45) is 2.12. The molecule has 0 aliphatic rings. The molecule has 16 heavy (non-hydrogen) atoms. The highest BCUT2D eigenvalue weighted by molar-refractivity contribution is 6.90. The van der Waals surface area contributed by atoms with Crippen LogP contribution < -0.4 is 5.38 Å². The van der Waals surface area contributed by atoms with Gasteiger partial charge in [-0.1, -0.05) is 45.8 Å². The molecule has 1 heterocycles. The summed E-state index contributed by atoms with van der Waals surface area (Å²) in [5.74, 6) is 0. The van der Waals surface area contributed by atoms with Crippen molar-refractivity contribution in [1.29, 1.82) is 0 Å². The zero-order valence-electron chi connectivity index (χ0n) is 10.9. The molecule has 0 spiro atoms. The van der Waals surface area contributed by atoms with Crippen LogP contribution in [0.2, 0.25) is 18.1 Å². The van der Waals surface area contributed by atoms with Crippen LogP contribution in [0, 0.1) is 0 Å². The Morgan fingerprint density at radius 3 is 2.19 bits per heavy atom. The van der Waals surface area contributed by atoms with E-state index < -0.39 is 8.07 Å². The molecule has 0 aliphatic carbocycles. The van der Waals surface area contributed by atoms with Gasteiger partial charge >= 0.3 is 0 Å². The van der Waals surface area contributed by atoms with E-state index in [4.69, 9.17) is 4.42 Å². The Hall–Kier alpha value is -0.543. The molecular formula is C13H24O2Si. The molecule has 3 heteroatoms. The van der Waals surface area contributed by atoms with Gasteiger partial charge in [0.1, 0.15) is 8.07 Å². The molecule has 1 atom stereocenters. The highest BCUT2D eigenvalue weighted by Crippen LogP contribution is 2.23. The summed E-state index contributed by atoms with van der Waals surface area (Å²) < 4.78 is 5.73. The highest BCUT2D eigenvalue weighted by atomic mass is 28.3. The van der Waals surface area contributed by atoms with Gasteiger partial charge in [0.25, 0.3) is 0 Å². The average Bonchev–Trinajstić information content (AvgIpc) is 2.81. The van der Waals surface area contributed by atoms with Crippen molar-refractivity contribution in [2.75, 3.05) is 0 Å². The van der Waals surface area contributed by atoms with Crippen LogP contribution in [0.4, 0.5) is 0 Å². The van der Waals surface area contributed by atoms with Crippen molar-refractivity contribution in [1.82, 2.24) is 0 Å². The van der Waals surface area contributed by atoms with Crippen molar-refractivity contribution in [2.24, 2.45) is 0 Å². The maximum atomic E-state index is 9.78. The fourth-order valence-electron chi connectivity index (χ4n) is 2.31. The monoisotopic (exact) mass is 240 g/mol. The van der Waals surface area contributed by atoms with E-state index in [-0.39, 0.29) is 6.10 Å². The minimum Gasteiger partial charge on any atom is -0.474 e. The molecule has 1 aromatic rings. The van der Waals surface area contributed by atoms with E-state index >= 15 is 0 Å². The van der Waals surface area contributed by atoms with Crippen LogP contribution in [0.5, 0.6) is 0 Å². The second-order valence-corrected chi connectivity index (χ2v) is 9.68. The maximum absolute atomic E-state index is 9.78. The highest BCUT2D eigenvalue weighted by Gasteiger charge is 2.33. The first-order valence-electron chi connectivity index (χ1n) is 6.40. The lowest BCUT2D eigenvalue weighted by atomic mass is 10.1. The average molecular weight is 240 g/mol. The lowest BCUT2D eigenvalue weighted by molar-refractivity contribution is 0.173. The predicted octanol–water partition coefficient (Wildman–Crippen LogP) is 3.44. The molecule has 0 amide bonds. The molecule has 0 fully saturated rings. The van der Waals surface area contributed by atoms with Gasteiger partial charge in [0.2, 0.25) is 0 Å². The molecule has 1 unspecified atom stereocenters. The van der Waals surface area contributed by atoms with Crippen LogP contribution in [0.1, 0.15) is 45.8 Å². The third-order valence-electron chi connectivity index (χ3n) is 3.94. The Balaban J connectivity index is 2.99. The van der Waals surface area contributed by atoms with Gasteiger partial charge in [0.05, 0.1) is 17.8 Å². The van der Waals surface area contributed by atoms with Crippen molar-refractivity contribution in [3.8, 4) is 0 Å². The summed E-state index contributed by atoms with van der Waals surface area (Å²) in [7, 11) is -1.41. The molecule has 2 nitrogen and oxygen atoms in total. The van der Waals surface area contributed by atoms with Crippen molar-refractivity contribution < 1.29 is 9.52 Å². The fraction of sp³-hybridized carbons (Fsp3) is 0.692. The largest absolute Gasteiger partial charge is 0.474 e. The van der Waals surface area contributed by atoms with Crippen LogP contribution in [0.15, 0.2) is 16.7 Å². The van der Waals surface area contributed by atoms with Crippen molar-refractivity contribution in [2.45, 2.75) is 58.4 Å². The van der Waals surface area contributed by atoms with Crippen molar-refractivity contribution in [3.05, 3.63) is 17.9 Å². The Morgan fingerprint density at radius 1 is 1.19 bits per heavy atom. The van der Waals surface area contributed by atoms with E-state index in [2.05, 4.69) is 26.8 Å². The molecule has 0 aromatic carbocycles. The minimum absolute atomic E-state index is 0.366. The van der Waals surface area contributed by atoms with Gasteiger partial charge in [0, 0.05) is 5.56 Å². The summed E-state index contributed by atoms with van der Waals surface area (Å²) in [6.45, 7) is 8.77. The third-order valence-corrected chi connectivity index (χ3v) is 9.31. The number of aliphatic hydroxyl groups excluding tert-OH is 1. The normalized spacial score (nSPS) is 14.1. The molecule has 0 bridgehead atoms. The van der Waals surface area contributed by atoms with Gasteiger partial charge in [0.15, 0.2) is 0 Å². The molecular weight excluding hydrogens is 216 g/mol. The maximum Gasteiger partial charge on any atom is 0.131 e. The summed E-state index contributed by atoms with van der Waals surface area (Å²) in [6, 6.07) is 5.75. The molecule has 0 radical (unpaired) electrons. The predicted molar refractivity (Wildman–Crippen MR) is 70.8 cm³/mol. The Labute approximate surface area is 99.7 Å². The van der Waals surface area contributed by atoms with Crippen LogP contribution >= 0.6 is 0 Å². The molecule has 0 saturated heterocycles. The van der Waals surface area contributed by atoms with Crippen LogP contribution in [-0.4, -0.2) is 13.2 Å². The summed E-state index contributed by atoms with van der Waals surface area (Å²) >= 11 is 0. The minimum atomic E-state index is -1.41. The van der Waals surface area contributed by atoms with Gasteiger partial charge in [-0.3, -0.25) is 0 Å². The van der Waals surface area contributed by atoms with Crippen molar-refractivity contribution in [3.63, 3.8) is 0 Å². The smallest absolute Gasteiger partial charge is 0.131 e. The summed E-state index contributed by atoms with van der Waals surface area (Å²) in [5.41, 5.74) is 0.949. The van der Waals surface area contributed by atoms with Gasteiger partial charge < -0.3 is 9.52 Å². The van der Waals surface area contributed by atoms with E-state index in [0.717, 1.165) is 12.0 Å². The van der Waals surface area contributed by atoms with E-state index in [1.165, 1.54) is 23.5 Å². The van der Waals surface area contributed by atoms with Crippen LogP contribution in [0.25, 0.3) is 0 Å². The van der Waals surface area contributed by atoms with Crippen LogP contribution in [0.3, 0.4) is 0 Å². The first-order valence-corrected chi connectivity index (χ1v) is 9.02. The van der Waals surface area contributed by atoms with Gasteiger partial charge in [-0.25, -0.2) is 0 Å². The molecule has 1 aromatic heterocycles. The van der Waals surface area contributed by atoms with Crippen molar-refractivity contribution >= 4 is 13.5 Å².